The number of nitrogens with one attached hydrogen (secondary N) is 1. The van der Waals surface area contributed by atoms with Gasteiger partial charge in [0.2, 0.25) is 0 Å². The third-order valence-electron chi connectivity index (χ3n) is 1.67. The van der Waals surface area contributed by atoms with Crippen LogP contribution in [0.3, 0.4) is 0 Å². The predicted molar refractivity (Wildman–Crippen MR) is 50.0 cm³/mol. The van der Waals surface area contributed by atoms with Crippen molar-refractivity contribution < 1.29 is 5.11 Å². The molecule has 1 rings (SSSR count). The number of hydrogen-bond acceptors (Lipinski definition) is 4. The van der Waals surface area contributed by atoms with E-state index in [0.717, 1.165) is 0 Å². The molecular formula is C8H13N3O2. The smallest absolute Gasteiger partial charge is 0.252 e. The van der Waals surface area contributed by atoms with Crippen LogP contribution in [0.2, 0.25) is 0 Å². The first kappa shape index (κ1) is 9.73. The van der Waals surface area contributed by atoms with Gasteiger partial charge >= 0.3 is 0 Å². The Hall–Kier alpha value is -1.36. The lowest BCUT2D eigenvalue weighted by molar-refractivity contribution is 0.304. The molecular weight excluding hydrogens is 170 g/mol. The lowest BCUT2D eigenvalue weighted by Crippen LogP contribution is -2.24. The van der Waals surface area contributed by atoms with Gasteiger partial charge in [-0.3, -0.25) is 4.79 Å². The average molecular weight is 183 g/mol. The zero-order valence-corrected chi connectivity index (χ0v) is 7.74. The van der Waals surface area contributed by atoms with Crippen LogP contribution >= 0.6 is 0 Å². The Bertz CT molecular complexity index is 334. The van der Waals surface area contributed by atoms with E-state index in [1.54, 1.807) is 18.9 Å². The Balaban J connectivity index is 2.94. The van der Waals surface area contributed by atoms with E-state index in [9.17, 15) is 4.79 Å². The van der Waals surface area contributed by atoms with Crippen molar-refractivity contribution in [3.8, 4) is 0 Å². The van der Waals surface area contributed by atoms with Crippen molar-refractivity contribution in [3.63, 3.8) is 0 Å². The molecule has 0 aliphatic rings. The Kier molecular flexibility index (Phi) is 3.02. The molecule has 0 atom stereocenters. The standard InChI is InChI=1S/C8H13N3O2/c1-6-9-7(5-8(13)10-6)11(2)3-4-12/h5,12H,3-4H2,1-2H3,(H,9,10,13). The maximum absolute atomic E-state index is 11.0. The number of nitrogens with zero attached hydrogens (tertiary/aromatic N) is 2. The Labute approximate surface area is 76.0 Å². The molecule has 0 spiro atoms. The van der Waals surface area contributed by atoms with Crippen LogP contribution in [0.25, 0.3) is 0 Å². The average Bonchev–Trinajstić information content (AvgIpc) is 2.03. The minimum atomic E-state index is -0.174. The van der Waals surface area contributed by atoms with E-state index in [1.807, 2.05) is 0 Å². The third kappa shape index (κ3) is 2.55. The molecule has 0 amide bonds. The van der Waals surface area contributed by atoms with Gasteiger partial charge in [0, 0.05) is 19.7 Å². The number of aryl methyl sites for hydroxylation is 1. The number of likely N-dealkylation sites (N-methyl/N-ethyl adjacent to an activating group) is 1. The Morgan fingerprint density at radius 2 is 2.38 bits per heavy atom. The van der Waals surface area contributed by atoms with Gasteiger partial charge in [0.25, 0.3) is 5.56 Å². The van der Waals surface area contributed by atoms with Gasteiger partial charge in [0.1, 0.15) is 11.6 Å². The summed E-state index contributed by atoms with van der Waals surface area (Å²) in [6, 6.07) is 1.41. The SMILES string of the molecule is Cc1nc(N(C)CCO)cc(=O)[nH]1. The van der Waals surface area contributed by atoms with Crippen LogP contribution in [-0.2, 0) is 0 Å². The normalized spacial score (nSPS) is 10.1. The maximum atomic E-state index is 11.0. The fourth-order valence-electron chi connectivity index (χ4n) is 1.02. The number of aromatic nitrogens is 2. The highest BCUT2D eigenvalue weighted by Crippen LogP contribution is 2.03. The van der Waals surface area contributed by atoms with Crippen LogP contribution in [0.5, 0.6) is 0 Å². The zero-order chi connectivity index (χ0) is 9.84. The first-order valence-electron chi connectivity index (χ1n) is 4.03. The van der Waals surface area contributed by atoms with Crippen molar-refractivity contribution >= 4 is 5.82 Å². The molecule has 1 aromatic heterocycles. The van der Waals surface area contributed by atoms with Crippen LogP contribution < -0.4 is 10.5 Å². The number of aliphatic hydroxyl groups is 1. The van der Waals surface area contributed by atoms with Crippen molar-refractivity contribution in [1.29, 1.82) is 0 Å². The molecule has 0 aromatic carbocycles. The van der Waals surface area contributed by atoms with Crippen LogP contribution in [-0.4, -0.2) is 35.3 Å². The second kappa shape index (κ2) is 4.04. The zero-order valence-electron chi connectivity index (χ0n) is 7.74. The number of anilines is 1. The van der Waals surface area contributed by atoms with Gasteiger partial charge in [-0.25, -0.2) is 4.98 Å². The lowest BCUT2D eigenvalue weighted by atomic mass is 10.5. The molecule has 5 heteroatoms. The van der Waals surface area contributed by atoms with E-state index in [1.165, 1.54) is 6.07 Å². The first-order chi connectivity index (χ1) is 6.13. The van der Waals surface area contributed by atoms with E-state index in [-0.39, 0.29) is 12.2 Å². The minimum absolute atomic E-state index is 0.0457. The quantitative estimate of drug-likeness (QED) is 0.663. The van der Waals surface area contributed by atoms with E-state index in [0.29, 0.717) is 18.2 Å². The molecule has 72 valence electrons. The first-order valence-corrected chi connectivity index (χ1v) is 4.03. The molecule has 0 aliphatic heterocycles. The van der Waals surface area contributed by atoms with Gasteiger partial charge < -0.3 is 15.0 Å². The summed E-state index contributed by atoms with van der Waals surface area (Å²) < 4.78 is 0. The monoisotopic (exact) mass is 183 g/mol. The highest BCUT2D eigenvalue weighted by Gasteiger charge is 2.02. The van der Waals surface area contributed by atoms with Gasteiger partial charge in [-0.05, 0) is 6.92 Å². The fourth-order valence-corrected chi connectivity index (χ4v) is 1.02. The summed E-state index contributed by atoms with van der Waals surface area (Å²) in [5, 5.41) is 8.68. The van der Waals surface area contributed by atoms with Crippen molar-refractivity contribution in [2.45, 2.75) is 6.92 Å². The lowest BCUT2D eigenvalue weighted by Gasteiger charge is -2.16. The second-order valence-electron chi connectivity index (χ2n) is 2.83. The highest BCUT2D eigenvalue weighted by atomic mass is 16.3. The summed E-state index contributed by atoms with van der Waals surface area (Å²) >= 11 is 0. The number of hydrogen-bond donors (Lipinski definition) is 2. The fraction of sp³-hybridized carbons (Fsp3) is 0.500. The summed E-state index contributed by atoms with van der Waals surface area (Å²) in [5.74, 6) is 1.16. The van der Waals surface area contributed by atoms with E-state index in [4.69, 9.17) is 5.11 Å². The third-order valence-corrected chi connectivity index (χ3v) is 1.67. The Morgan fingerprint density at radius 3 is 2.92 bits per heavy atom. The van der Waals surface area contributed by atoms with Crippen LogP contribution in [0.15, 0.2) is 10.9 Å². The molecule has 0 aliphatic carbocycles. The number of rotatable bonds is 3. The van der Waals surface area contributed by atoms with E-state index >= 15 is 0 Å². The van der Waals surface area contributed by atoms with Crippen LogP contribution in [0, 0.1) is 6.92 Å². The molecule has 1 heterocycles. The molecule has 0 fully saturated rings. The number of aromatic amines is 1. The van der Waals surface area contributed by atoms with Crippen molar-refractivity contribution in [2.24, 2.45) is 0 Å². The van der Waals surface area contributed by atoms with Gasteiger partial charge in [-0.2, -0.15) is 0 Å². The molecule has 0 radical (unpaired) electrons. The largest absolute Gasteiger partial charge is 0.395 e. The van der Waals surface area contributed by atoms with Gasteiger partial charge in [-0.15, -0.1) is 0 Å². The summed E-state index contributed by atoms with van der Waals surface area (Å²) in [6.07, 6.45) is 0. The van der Waals surface area contributed by atoms with E-state index in [2.05, 4.69) is 9.97 Å². The number of aliphatic hydroxyl groups excluding tert-OH is 1. The summed E-state index contributed by atoms with van der Waals surface area (Å²) in [4.78, 5) is 19.4. The molecule has 0 unspecified atom stereocenters. The predicted octanol–water partition coefficient (Wildman–Crippen LogP) is -0.493. The molecule has 13 heavy (non-hydrogen) atoms. The van der Waals surface area contributed by atoms with Crippen LogP contribution in [0.1, 0.15) is 5.82 Å². The summed E-state index contributed by atoms with van der Waals surface area (Å²) in [6.45, 7) is 2.23. The van der Waals surface area contributed by atoms with Gasteiger partial charge in [0.05, 0.1) is 6.61 Å². The van der Waals surface area contributed by atoms with Gasteiger partial charge in [0.15, 0.2) is 0 Å². The van der Waals surface area contributed by atoms with E-state index < -0.39 is 0 Å². The Morgan fingerprint density at radius 1 is 1.69 bits per heavy atom. The number of H-pyrrole nitrogens is 1. The summed E-state index contributed by atoms with van der Waals surface area (Å²) in [5.41, 5.74) is -0.174. The molecule has 0 bridgehead atoms. The second-order valence-corrected chi connectivity index (χ2v) is 2.83. The molecule has 1 aromatic rings. The molecule has 2 N–H and O–H groups in total. The van der Waals surface area contributed by atoms with Crippen LogP contribution in [0.4, 0.5) is 5.82 Å². The summed E-state index contributed by atoms with van der Waals surface area (Å²) in [7, 11) is 1.78. The van der Waals surface area contributed by atoms with Crippen molar-refractivity contribution in [2.75, 3.05) is 25.1 Å². The van der Waals surface area contributed by atoms with Crippen molar-refractivity contribution in [3.05, 3.63) is 22.2 Å². The highest BCUT2D eigenvalue weighted by molar-refractivity contribution is 5.35. The molecule has 0 saturated heterocycles. The van der Waals surface area contributed by atoms with Crippen molar-refractivity contribution in [1.82, 2.24) is 9.97 Å². The molecule has 5 nitrogen and oxygen atoms in total. The minimum Gasteiger partial charge on any atom is -0.395 e. The topological polar surface area (TPSA) is 69.2 Å². The molecule has 0 saturated carbocycles. The van der Waals surface area contributed by atoms with Gasteiger partial charge in [-0.1, -0.05) is 0 Å². The maximum Gasteiger partial charge on any atom is 0.252 e.